The summed E-state index contributed by atoms with van der Waals surface area (Å²) in [5, 5.41) is 12.7. The van der Waals surface area contributed by atoms with Gasteiger partial charge < -0.3 is 9.84 Å². The zero-order valence-corrected chi connectivity index (χ0v) is 8.45. The number of ether oxygens (including phenoxy) is 1. The molecule has 0 saturated carbocycles. The lowest BCUT2D eigenvalue weighted by Crippen LogP contribution is -2.34. The van der Waals surface area contributed by atoms with Crippen molar-refractivity contribution in [2.45, 2.75) is 25.7 Å². The maximum absolute atomic E-state index is 9.37. The van der Waals surface area contributed by atoms with Crippen molar-refractivity contribution in [1.82, 2.24) is 5.32 Å². The van der Waals surface area contributed by atoms with Crippen LogP contribution in [-0.4, -0.2) is 17.8 Å². The van der Waals surface area contributed by atoms with Gasteiger partial charge in [-0.3, -0.25) is 5.32 Å². The Labute approximate surface area is 83.7 Å². The number of nitrogens with one attached hydrogen (secondary N) is 1. The van der Waals surface area contributed by atoms with Crippen molar-refractivity contribution in [2.75, 3.05) is 6.54 Å². The molecule has 0 aliphatic carbocycles. The summed E-state index contributed by atoms with van der Waals surface area (Å²) in [6.07, 6.45) is 0.211. The summed E-state index contributed by atoms with van der Waals surface area (Å²) in [5.74, 6) is 0.272. The summed E-state index contributed by atoms with van der Waals surface area (Å²) in [4.78, 5) is 0. The van der Waals surface area contributed by atoms with Gasteiger partial charge in [-0.25, -0.2) is 0 Å². The highest BCUT2D eigenvalue weighted by Gasteiger charge is 2.35. The first-order valence-corrected chi connectivity index (χ1v) is 4.82. The molecule has 1 heterocycles. The van der Waals surface area contributed by atoms with Crippen molar-refractivity contribution in [1.29, 1.82) is 0 Å². The van der Waals surface area contributed by atoms with Crippen LogP contribution < -0.4 is 5.32 Å². The van der Waals surface area contributed by atoms with Crippen LogP contribution in [0.15, 0.2) is 24.3 Å². The molecule has 14 heavy (non-hydrogen) atoms. The Morgan fingerprint density at radius 3 is 2.93 bits per heavy atom. The summed E-state index contributed by atoms with van der Waals surface area (Å²) in [6, 6.07) is 7.16. The first-order chi connectivity index (χ1) is 6.60. The van der Waals surface area contributed by atoms with Gasteiger partial charge in [0.2, 0.25) is 0 Å². The van der Waals surface area contributed by atoms with E-state index in [0.29, 0.717) is 0 Å². The molecule has 3 heteroatoms. The minimum absolute atomic E-state index is 0.211. The standard InChI is InChI=1S/C11H15NO2/c1-8-7-12-11(2,14-8)9-4-3-5-10(13)6-9/h3-6,8,12-13H,7H2,1-2H3. The van der Waals surface area contributed by atoms with Gasteiger partial charge in [-0.1, -0.05) is 12.1 Å². The Morgan fingerprint density at radius 1 is 1.57 bits per heavy atom. The SMILES string of the molecule is CC1CNC(C)(c2cccc(O)c2)O1. The van der Waals surface area contributed by atoms with Crippen molar-refractivity contribution >= 4 is 0 Å². The van der Waals surface area contributed by atoms with Gasteiger partial charge in [0.15, 0.2) is 0 Å². The topological polar surface area (TPSA) is 41.5 Å². The molecule has 1 fully saturated rings. The lowest BCUT2D eigenvalue weighted by atomic mass is 10.1. The van der Waals surface area contributed by atoms with Gasteiger partial charge in [0.25, 0.3) is 0 Å². The average molecular weight is 193 g/mol. The van der Waals surface area contributed by atoms with E-state index in [1.54, 1.807) is 12.1 Å². The second-order valence-electron chi connectivity index (χ2n) is 3.89. The second-order valence-corrected chi connectivity index (χ2v) is 3.89. The highest BCUT2D eigenvalue weighted by atomic mass is 16.5. The summed E-state index contributed by atoms with van der Waals surface area (Å²) in [5.41, 5.74) is 0.500. The van der Waals surface area contributed by atoms with E-state index in [1.807, 2.05) is 26.0 Å². The maximum Gasteiger partial charge on any atom is 0.143 e. The molecule has 2 atom stereocenters. The maximum atomic E-state index is 9.37. The van der Waals surface area contributed by atoms with E-state index in [9.17, 15) is 5.11 Å². The molecule has 1 aliphatic rings. The predicted octanol–water partition coefficient (Wildman–Crippen LogP) is 1.57. The predicted molar refractivity (Wildman–Crippen MR) is 54.0 cm³/mol. The van der Waals surface area contributed by atoms with Crippen molar-refractivity contribution < 1.29 is 9.84 Å². The molecule has 2 rings (SSSR count). The van der Waals surface area contributed by atoms with Gasteiger partial charge in [-0.15, -0.1) is 0 Å². The van der Waals surface area contributed by atoms with Crippen LogP contribution in [0.4, 0.5) is 0 Å². The number of rotatable bonds is 1. The van der Waals surface area contributed by atoms with E-state index >= 15 is 0 Å². The van der Waals surface area contributed by atoms with Crippen molar-refractivity contribution in [2.24, 2.45) is 0 Å². The van der Waals surface area contributed by atoms with Crippen molar-refractivity contribution in [3.8, 4) is 5.75 Å². The van der Waals surface area contributed by atoms with E-state index in [0.717, 1.165) is 12.1 Å². The Balaban J connectivity index is 2.30. The zero-order valence-electron chi connectivity index (χ0n) is 8.45. The monoisotopic (exact) mass is 193 g/mol. The lowest BCUT2D eigenvalue weighted by molar-refractivity contribution is -0.0344. The van der Waals surface area contributed by atoms with Crippen LogP contribution in [0, 0.1) is 0 Å². The van der Waals surface area contributed by atoms with Crippen molar-refractivity contribution in [3.63, 3.8) is 0 Å². The van der Waals surface area contributed by atoms with Gasteiger partial charge in [-0.2, -0.15) is 0 Å². The molecule has 2 N–H and O–H groups in total. The van der Waals surface area contributed by atoms with E-state index in [-0.39, 0.29) is 11.9 Å². The molecule has 1 saturated heterocycles. The second kappa shape index (κ2) is 3.26. The normalized spacial score (nSPS) is 32.0. The van der Waals surface area contributed by atoms with E-state index in [2.05, 4.69) is 5.32 Å². The fourth-order valence-corrected chi connectivity index (χ4v) is 1.80. The van der Waals surface area contributed by atoms with Crippen LogP contribution in [-0.2, 0) is 10.5 Å². The van der Waals surface area contributed by atoms with Crippen LogP contribution in [0.5, 0.6) is 5.75 Å². The number of phenols is 1. The van der Waals surface area contributed by atoms with E-state index in [4.69, 9.17) is 4.74 Å². The molecule has 3 nitrogen and oxygen atoms in total. The number of benzene rings is 1. The molecular formula is C11H15NO2. The minimum atomic E-state index is -0.460. The molecule has 2 unspecified atom stereocenters. The van der Waals surface area contributed by atoms with Crippen LogP contribution in [0.3, 0.4) is 0 Å². The number of hydrogen-bond acceptors (Lipinski definition) is 3. The fourth-order valence-electron chi connectivity index (χ4n) is 1.80. The molecule has 1 aromatic carbocycles. The van der Waals surface area contributed by atoms with Gasteiger partial charge >= 0.3 is 0 Å². The van der Waals surface area contributed by atoms with Crippen LogP contribution in [0.25, 0.3) is 0 Å². The molecule has 0 radical (unpaired) electrons. The molecule has 1 aliphatic heterocycles. The summed E-state index contributed by atoms with van der Waals surface area (Å²) in [7, 11) is 0. The Kier molecular flexibility index (Phi) is 2.21. The first kappa shape index (κ1) is 9.49. The third-order valence-corrected chi connectivity index (χ3v) is 2.56. The number of hydrogen-bond donors (Lipinski definition) is 2. The molecular weight excluding hydrogens is 178 g/mol. The quantitative estimate of drug-likeness (QED) is 0.711. The van der Waals surface area contributed by atoms with Crippen LogP contribution in [0.2, 0.25) is 0 Å². The van der Waals surface area contributed by atoms with Crippen LogP contribution in [0.1, 0.15) is 19.4 Å². The third-order valence-electron chi connectivity index (χ3n) is 2.56. The molecule has 0 spiro atoms. The highest BCUT2D eigenvalue weighted by molar-refractivity contribution is 5.31. The first-order valence-electron chi connectivity index (χ1n) is 4.82. The lowest BCUT2D eigenvalue weighted by Gasteiger charge is -2.24. The smallest absolute Gasteiger partial charge is 0.143 e. The zero-order chi connectivity index (χ0) is 10.2. The highest BCUT2D eigenvalue weighted by Crippen LogP contribution is 2.29. The van der Waals surface area contributed by atoms with E-state index < -0.39 is 5.72 Å². The van der Waals surface area contributed by atoms with Gasteiger partial charge in [0, 0.05) is 12.1 Å². The van der Waals surface area contributed by atoms with Crippen LogP contribution >= 0.6 is 0 Å². The minimum Gasteiger partial charge on any atom is -0.508 e. The summed E-state index contributed by atoms with van der Waals surface area (Å²) in [6.45, 7) is 4.85. The largest absolute Gasteiger partial charge is 0.508 e. The average Bonchev–Trinajstić information content (AvgIpc) is 2.48. The molecule has 76 valence electrons. The molecule has 0 amide bonds. The van der Waals surface area contributed by atoms with Gasteiger partial charge in [0.1, 0.15) is 11.5 Å². The van der Waals surface area contributed by atoms with Crippen molar-refractivity contribution in [3.05, 3.63) is 29.8 Å². The van der Waals surface area contributed by atoms with E-state index in [1.165, 1.54) is 0 Å². The fraction of sp³-hybridized carbons (Fsp3) is 0.455. The molecule has 1 aromatic rings. The molecule has 0 aromatic heterocycles. The summed E-state index contributed by atoms with van der Waals surface area (Å²) >= 11 is 0. The third kappa shape index (κ3) is 1.61. The van der Waals surface area contributed by atoms with Gasteiger partial charge in [0.05, 0.1) is 6.10 Å². The Hall–Kier alpha value is -1.06. The number of aromatic hydroxyl groups is 1. The molecule has 0 bridgehead atoms. The van der Waals surface area contributed by atoms with Gasteiger partial charge in [-0.05, 0) is 26.0 Å². The Bertz CT molecular complexity index is 340. The number of phenolic OH excluding ortho intramolecular Hbond substituents is 1. The summed E-state index contributed by atoms with van der Waals surface area (Å²) < 4.78 is 5.77. The Morgan fingerprint density at radius 2 is 2.36 bits per heavy atom.